The number of fused-ring (bicyclic) bond motifs is 1. The summed E-state index contributed by atoms with van der Waals surface area (Å²) in [4.78, 5) is 17.5. The van der Waals surface area contributed by atoms with Gasteiger partial charge in [-0.15, -0.1) is 0 Å². The first-order valence-electron chi connectivity index (χ1n) is 10.4. The Morgan fingerprint density at radius 1 is 1.11 bits per heavy atom. The second kappa shape index (κ2) is 8.71. The summed E-state index contributed by atoms with van der Waals surface area (Å²) in [5, 5.41) is 2.55. The first-order valence-corrected chi connectivity index (χ1v) is 10.8. The van der Waals surface area contributed by atoms with Crippen molar-refractivity contribution >= 4 is 28.3 Å². The third-order valence-corrected chi connectivity index (χ3v) is 6.66. The molecular formula is C23H29ClN2O2. The SMILES string of the molecule is CN(C(=O)COc1c(Cl)ccc2ccccc12)C1CCCCC1N1CCCC1. The van der Waals surface area contributed by atoms with Gasteiger partial charge in [0.1, 0.15) is 5.75 Å². The molecule has 2 aliphatic rings. The number of nitrogens with zero attached hydrogens (tertiary/aromatic N) is 2. The lowest BCUT2D eigenvalue weighted by Crippen LogP contribution is -2.54. The van der Waals surface area contributed by atoms with Gasteiger partial charge in [0.15, 0.2) is 6.61 Å². The molecule has 1 heterocycles. The highest BCUT2D eigenvalue weighted by molar-refractivity contribution is 6.33. The van der Waals surface area contributed by atoms with Crippen LogP contribution in [0.25, 0.3) is 10.8 Å². The molecule has 0 spiro atoms. The van der Waals surface area contributed by atoms with Gasteiger partial charge in [-0.25, -0.2) is 0 Å². The lowest BCUT2D eigenvalue weighted by molar-refractivity contribution is -0.136. The Hall–Kier alpha value is -1.78. The molecule has 28 heavy (non-hydrogen) atoms. The van der Waals surface area contributed by atoms with E-state index >= 15 is 0 Å². The summed E-state index contributed by atoms with van der Waals surface area (Å²) in [5.41, 5.74) is 0. The quantitative estimate of drug-likeness (QED) is 0.726. The highest BCUT2D eigenvalue weighted by Crippen LogP contribution is 2.34. The maximum absolute atomic E-state index is 13.0. The van der Waals surface area contributed by atoms with Crippen LogP contribution in [0.15, 0.2) is 36.4 Å². The van der Waals surface area contributed by atoms with Gasteiger partial charge in [0.25, 0.3) is 5.91 Å². The number of rotatable bonds is 5. The molecule has 0 radical (unpaired) electrons. The van der Waals surface area contributed by atoms with Crippen molar-refractivity contribution in [3.05, 3.63) is 41.4 Å². The second-order valence-electron chi connectivity index (χ2n) is 8.05. The average Bonchev–Trinajstić information content (AvgIpc) is 3.27. The number of likely N-dealkylation sites (tertiary alicyclic amines) is 1. The molecule has 150 valence electrons. The zero-order valence-corrected chi connectivity index (χ0v) is 17.3. The van der Waals surface area contributed by atoms with Crippen molar-refractivity contribution in [3.63, 3.8) is 0 Å². The van der Waals surface area contributed by atoms with Gasteiger partial charge in [-0.2, -0.15) is 0 Å². The van der Waals surface area contributed by atoms with Crippen LogP contribution < -0.4 is 4.74 Å². The predicted octanol–water partition coefficient (Wildman–Crippen LogP) is 4.74. The molecule has 2 unspecified atom stereocenters. The lowest BCUT2D eigenvalue weighted by Gasteiger charge is -2.42. The molecule has 2 fully saturated rings. The summed E-state index contributed by atoms with van der Waals surface area (Å²) in [6.45, 7) is 2.37. The number of carbonyl (C=O) groups excluding carboxylic acids is 1. The molecular weight excluding hydrogens is 372 g/mol. The van der Waals surface area contributed by atoms with E-state index in [1.807, 2.05) is 48.3 Å². The van der Waals surface area contributed by atoms with Crippen molar-refractivity contribution in [2.24, 2.45) is 0 Å². The van der Waals surface area contributed by atoms with Crippen molar-refractivity contribution in [1.29, 1.82) is 0 Å². The van der Waals surface area contributed by atoms with Crippen LogP contribution in [-0.2, 0) is 4.79 Å². The molecule has 2 atom stereocenters. The average molecular weight is 401 g/mol. The number of ether oxygens (including phenoxy) is 1. The third-order valence-electron chi connectivity index (χ3n) is 6.37. The number of amides is 1. The fraction of sp³-hybridized carbons (Fsp3) is 0.522. The van der Waals surface area contributed by atoms with E-state index in [2.05, 4.69) is 4.90 Å². The second-order valence-corrected chi connectivity index (χ2v) is 8.46. The molecule has 1 amide bonds. The van der Waals surface area contributed by atoms with Crippen molar-refractivity contribution in [1.82, 2.24) is 9.80 Å². The van der Waals surface area contributed by atoms with Gasteiger partial charge >= 0.3 is 0 Å². The van der Waals surface area contributed by atoms with Crippen LogP contribution in [-0.4, -0.2) is 54.5 Å². The fourth-order valence-electron chi connectivity index (χ4n) is 4.83. The van der Waals surface area contributed by atoms with Gasteiger partial charge in [0, 0.05) is 24.5 Å². The van der Waals surface area contributed by atoms with Gasteiger partial charge in [-0.05, 0) is 50.2 Å². The van der Waals surface area contributed by atoms with Gasteiger partial charge < -0.3 is 9.64 Å². The number of hydrogen-bond acceptors (Lipinski definition) is 3. The predicted molar refractivity (Wildman–Crippen MR) is 114 cm³/mol. The van der Waals surface area contributed by atoms with Gasteiger partial charge in [-0.3, -0.25) is 9.69 Å². The van der Waals surface area contributed by atoms with E-state index in [1.54, 1.807) is 0 Å². The maximum Gasteiger partial charge on any atom is 0.260 e. The van der Waals surface area contributed by atoms with Crippen LogP contribution >= 0.6 is 11.6 Å². The Morgan fingerprint density at radius 2 is 1.86 bits per heavy atom. The molecule has 1 saturated carbocycles. The van der Waals surface area contributed by atoms with Gasteiger partial charge in [0.05, 0.1) is 5.02 Å². The summed E-state index contributed by atoms with van der Waals surface area (Å²) in [6.07, 6.45) is 7.30. The zero-order valence-electron chi connectivity index (χ0n) is 16.6. The number of halogens is 1. The summed E-state index contributed by atoms with van der Waals surface area (Å²) in [5.74, 6) is 0.626. The molecule has 4 rings (SSSR count). The zero-order chi connectivity index (χ0) is 19.5. The molecule has 2 aromatic carbocycles. The first-order chi connectivity index (χ1) is 13.6. The minimum absolute atomic E-state index is 0.0213. The number of carbonyl (C=O) groups is 1. The van der Waals surface area contributed by atoms with E-state index in [1.165, 1.54) is 45.2 Å². The first kappa shape index (κ1) is 19.5. The standard InChI is InChI=1S/C23H29ClN2O2/c1-25(20-10-4-5-11-21(20)26-14-6-7-15-26)22(27)16-28-23-18-9-3-2-8-17(18)12-13-19(23)24/h2-3,8-9,12-13,20-21H,4-7,10-11,14-16H2,1H3. The van der Waals surface area contributed by atoms with Crippen LogP contribution in [0.1, 0.15) is 38.5 Å². The molecule has 1 saturated heterocycles. The highest BCUT2D eigenvalue weighted by atomic mass is 35.5. The molecule has 4 nitrogen and oxygen atoms in total. The summed E-state index contributed by atoms with van der Waals surface area (Å²) in [6, 6.07) is 12.5. The van der Waals surface area contributed by atoms with Gasteiger partial charge in [-0.1, -0.05) is 54.8 Å². The molecule has 0 N–H and O–H groups in total. The highest BCUT2D eigenvalue weighted by Gasteiger charge is 2.35. The lowest BCUT2D eigenvalue weighted by atomic mass is 9.88. The Balaban J connectivity index is 1.45. The van der Waals surface area contributed by atoms with Crippen LogP contribution in [0.4, 0.5) is 0 Å². The van der Waals surface area contributed by atoms with Crippen LogP contribution in [0.3, 0.4) is 0 Å². The fourth-order valence-corrected chi connectivity index (χ4v) is 5.05. The van der Waals surface area contributed by atoms with E-state index in [4.69, 9.17) is 16.3 Å². The normalized spacial score (nSPS) is 23.1. The molecule has 0 aromatic heterocycles. The number of benzene rings is 2. The third kappa shape index (κ3) is 3.99. The minimum atomic E-state index is 0.0213. The van der Waals surface area contributed by atoms with Crippen molar-refractivity contribution in [3.8, 4) is 5.75 Å². The van der Waals surface area contributed by atoms with Crippen LogP contribution in [0.2, 0.25) is 5.02 Å². The van der Waals surface area contributed by atoms with Crippen molar-refractivity contribution < 1.29 is 9.53 Å². The Morgan fingerprint density at radius 3 is 2.68 bits per heavy atom. The van der Waals surface area contributed by atoms with Crippen LogP contribution in [0.5, 0.6) is 5.75 Å². The maximum atomic E-state index is 13.0. The monoisotopic (exact) mass is 400 g/mol. The van der Waals surface area contributed by atoms with Crippen LogP contribution in [0, 0.1) is 0 Å². The van der Waals surface area contributed by atoms with E-state index in [0.717, 1.165) is 17.2 Å². The minimum Gasteiger partial charge on any atom is -0.482 e. The largest absolute Gasteiger partial charge is 0.482 e. The molecule has 1 aliphatic heterocycles. The van der Waals surface area contributed by atoms with Crippen molar-refractivity contribution in [2.75, 3.05) is 26.7 Å². The van der Waals surface area contributed by atoms with Crippen molar-refractivity contribution in [2.45, 2.75) is 50.6 Å². The number of likely N-dealkylation sites (N-methyl/N-ethyl adjacent to an activating group) is 1. The molecule has 5 heteroatoms. The smallest absolute Gasteiger partial charge is 0.260 e. The Kier molecular flexibility index (Phi) is 6.07. The van der Waals surface area contributed by atoms with E-state index in [-0.39, 0.29) is 18.6 Å². The number of hydrogen-bond donors (Lipinski definition) is 0. The summed E-state index contributed by atoms with van der Waals surface area (Å²) in [7, 11) is 1.94. The Labute approximate surface area is 172 Å². The topological polar surface area (TPSA) is 32.8 Å². The van der Waals surface area contributed by atoms with E-state index < -0.39 is 0 Å². The Bertz CT molecular complexity index is 834. The summed E-state index contributed by atoms with van der Waals surface area (Å²) < 4.78 is 5.95. The summed E-state index contributed by atoms with van der Waals surface area (Å²) >= 11 is 6.37. The van der Waals surface area contributed by atoms with E-state index in [0.29, 0.717) is 16.8 Å². The van der Waals surface area contributed by atoms with E-state index in [9.17, 15) is 4.79 Å². The molecule has 2 aromatic rings. The molecule has 0 bridgehead atoms. The van der Waals surface area contributed by atoms with Gasteiger partial charge in [0.2, 0.25) is 0 Å². The molecule has 1 aliphatic carbocycles.